The first kappa shape index (κ1) is 14.0. The summed E-state index contributed by atoms with van der Waals surface area (Å²) >= 11 is 0. The highest BCUT2D eigenvalue weighted by molar-refractivity contribution is 5.85. The molecule has 0 saturated carbocycles. The third-order valence-electron chi connectivity index (χ3n) is 3.03. The summed E-state index contributed by atoms with van der Waals surface area (Å²) in [5.74, 6) is -1.17. The number of hydrogen-bond donors (Lipinski definition) is 2. The van der Waals surface area contributed by atoms with Gasteiger partial charge in [0, 0.05) is 6.61 Å². The van der Waals surface area contributed by atoms with Crippen molar-refractivity contribution in [2.45, 2.75) is 45.8 Å². The number of aliphatic carboxylic acids is 1. The molecule has 2 unspecified atom stereocenters. The maximum atomic E-state index is 11.9. The van der Waals surface area contributed by atoms with Gasteiger partial charge in [-0.2, -0.15) is 0 Å². The topological polar surface area (TPSA) is 75.6 Å². The molecular formula is C12H21NO4. The lowest BCUT2D eigenvalue weighted by molar-refractivity contribution is -0.143. The van der Waals surface area contributed by atoms with E-state index in [1.165, 1.54) is 0 Å². The molecule has 1 fully saturated rings. The number of carboxylic acids is 1. The number of amides is 1. The molecule has 1 saturated heterocycles. The van der Waals surface area contributed by atoms with Crippen molar-refractivity contribution in [1.29, 1.82) is 0 Å². The fourth-order valence-electron chi connectivity index (χ4n) is 2.05. The van der Waals surface area contributed by atoms with Gasteiger partial charge in [0.2, 0.25) is 5.91 Å². The maximum absolute atomic E-state index is 11.9. The number of nitrogens with one attached hydrogen (secondary N) is 1. The van der Waals surface area contributed by atoms with Crippen LogP contribution >= 0.6 is 0 Å². The lowest BCUT2D eigenvalue weighted by atomic mass is 9.99. The summed E-state index contributed by atoms with van der Waals surface area (Å²) in [4.78, 5) is 22.9. The summed E-state index contributed by atoms with van der Waals surface area (Å²) in [5.41, 5.74) is 0. The molecule has 1 heterocycles. The van der Waals surface area contributed by atoms with Crippen molar-refractivity contribution in [1.82, 2.24) is 5.32 Å². The Bertz CT molecular complexity index is 290. The van der Waals surface area contributed by atoms with E-state index in [0.29, 0.717) is 19.4 Å². The van der Waals surface area contributed by atoms with E-state index in [-0.39, 0.29) is 23.8 Å². The summed E-state index contributed by atoms with van der Waals surface area (Å²) in [5, 5.41) is 11.6. The van der Waals surface area contributed by atoms with Gasteiger partial charge in [-0.05, 0) is 25.7 Å². The van der Waals surface area contributed by atoms with Gasteiger partial charge < -0.3 is 15.2 Å². The Morgan fingerprint density at radius 3 is 2.53 bits per heavy atom. The third-order valence-corrected chi connectivity index (χ3v) is 3.03. The second-order valence-corrected chi connectivity index (χ2v) is 5.00. The minimum Gasteiger partial charge on any atom is -0.480 e. The lowest BCUT2D eigenvalue weighted by Gasteiger charge is -2.20. The van der Waals surface area contributed by atoms with Crippen molar-refractivity contribution in [3.05, 3.63) is 0 Å². The molecule has 0 aliphatic carbocycles. The van der Waals surface area contributed by atoms with E-state index in [2.05, 4.69) is 5.32 Å². The summed E-state index contributed by atoms with van der Waals surface area (Å²) in [6.45, 7) is 6.28. The Balaban J connectivity index is 2.54. The molecule has 1 aliphatic heterocycles. The SMILES string of the molecule is CC(C)C[C@H](NC(=O)C1CCOC1C)C(=O)O. The molecule has 1 aliphatic rings. The van der Waals surface area contributed by atoms with E-state index in [4.69, 9.17) is 9.84 Å². The molecule has 5 nitrogen and oxygen atoms in total. The van der Waals surface area contributed by atoms with Crippen LogP contribution in [-0.2, 0) is 14.3 Å². The normalized spacial score (nSPS) is 25.9. The Kier molecular flexibility index (Phi) is 4.93. The zero-order valence-corrected chi connectivity index (χ0v) is 10.6. The molecule has 1 amide bonds. The average Bonchev–Trinajstić information content (AvgIpc) is 2.62. The van der Waals surface area contributed by atoms with E-state index in [1.54, 1.807) is 0 Å². The van der Waals surface area contributed by atoms with Gasteiger partial charge in [0.1, 0.15) is 6.04 Å². The number of hydrogen-bond acceptors (Lipinski definition) is 3. The van der Waals surface area contributed by atoms with Crippen LogP contribution < -0.4 is 5.32 Å². The largest absolute Gasteiger partial charge is 0.480 e. The van der Waals surface area contributed by atoms with Crippen LogP contribution in [0.5, 0.6) is 0 Å². The van der Waals surface area contributed by atoms with Crippen molar-refractivity contribution >= 4 is 11.9 Å². The van der Waals surface area contributed by atoms with E-state index < -0.39 is 12.0 Å². The lowest BCUT2D eigenvalue weighted by Crippen LogP contribution is -2.45. The zero-order chi connectivity index (χ0) is 13.0. The van der Waals surface area contributed by atoms with Gasteiger partial charge in [-0.25, -0.2) is 4.79 Å². The number of carbonyl (C=O) groups is 2. The van der Waals surface area contributed by atoms with Crippen LogP contribution in [0.1, 0.15) is 33.6 Å². The second kappa shape index (κ2) is 6.00. The van der Waals surface area contributed by atoms with Gasteiger partial charge in [-0.3, -0.25) is 4.79 Å². The molecule has 2 N–H and O–H groups in total. The van der Waals surface area contributed by atoms with Gasteiger partial charge in [0.05, 0.1) is 12.0 Å². The first-order chi connectivity index (χ1) is 7.91. The van der Waals surface area contributed by atoms with E-state index in [9.17, 15) is 9.59 Å². The summed E-state index contributed by atoms with van der Waals surface area (Å²) in [6, 6.07) is -0.796. The molecule has 0 aromatic carbocycles. The molecule has 5 heteroatoms. The minimum absolute atomic E-state index is 0.122. The van der Waals surface area contributed by atoms with Gasteiger partial charge in [0.25, 0.3) is 0 Å². The molecule has 0 bridgehead atoms. The standard InChI is InChI=1S/C12H21NO4/c1-7(2)6-10(12(15)16)13-11(14)9-4-5-17-8(9)3/h7-10H,4-6H2,1-3H3,(H,13,14)(H,15,16)/t8?,9?,10-/m0/s1. The molecule has 0 radical (unpaired) electrons. The number of rotatable bonds is 5. The van der Waals surface area contributed by atoms with Crippen LogP contribution in [-0.4, -0.2) is 35.7 Å². The van der Waals surface area contributed by atoms with Crippen LogP contribution in [0.4, 0.5) is 0 Å². The van der Waals surface area contributed by atoms with Gasteiger partial charge in [-0.15, -0.1) is 0 Å². The molecule has 98 valence electrons. The Morgan fingerprint density at radius 1 is 1.47 bits per heavy atom. The highest BCUT2D eigenvalue weighted by atomic mass is 16.5. The van der Waals surface area contributed by atoms with Crippen LogP contribution in [0.2, 0.25) is 0 Å². The highest BCUT2D eigenvalue weighted by Gasteiger charge is 2.33. The summed E-state index contributed by atoms with van der Waals surface area (Å²) in [7, 11) is 0. The predicted octanol–water partition coefficient (Wildman–Crippen LogP) is 1.03. The fraction of sp³-hybridized carbons (Fsp3) is 0.833. The van der Waals surface area contributed by atoms with Crippen molar-refractivity contribution in [2.24, 2.45) is 11.8 Å². The number of carboxylic acid groups (broad SMARTS) is 1. The quantitative estimate of drug-likeness (QED) is 0.756. The first-order valence-corrected chi connectivity index (χ1v) is 6.06. The van der Waals surface area contributed by atoms with E-state index in [0.717, 1.165) is 0 Å². The van der Waals surface area contributed by atoms with E-state index >= 15 is 0 Å². The van der Waals surface area contributed by atoms with Crippen LogP contribution in [0, 0.1) is 11.8 Å². The summed E-state index contributed by atoms with van der Waals surface area (Å²) < 4.78 is 5.30. The molecule has 0 aromatic rings. The second-order valence-electron chi connectivity index (χ2n) is 5.00. The van der Waals surface area contributed by atoms with Crippen molar-refractivity contribution < 1.29 is 19.4 Å². The van der Waals surface area contributed by atoms with Crippen molar-refractivity contribution in [3.63, 3.8) is 0 Å². The van der Waals surface area contributed by atoms with Crippen molar-refractivity contribution in [3.8, 4) is 0 Å². The average molecular weight is 243 g/mol. The first-order valence-electron chi connectivity index (χ1n) is 6.06. The van der Waals surface area contributed by atoms with Gasteiger partial charge >= 0.3 is 5.97 Å². The highest BCUT2D eigenvalue weighted by Crippen LogP contribution is 2.20. The molecule has 1 rings (SSSR count). The minimum atomic E-state index is -0.974. The zero-order valence-electron chi connectivity index (χ0n) is 10.6. The van der Waals surface area contributed by atoms with Crippen LogP contribution in [0.3, 0.4) is 0 Å². The summed E-state index contributed by atoms with van der Waals surface area (Å²) in [6.07, 6.45) is 0.993. The third kappa shape index (κ3) is 4.00. The van der Waals surface area contributed by atoms with Crippen molar-refractivity contribution in [2.75, 3.05) is 6.61 Å². The van der Waals surface area contributed by atoms with Crippen LogP contribution in [0.15, 0.2) is 0 Å². The molecular weight excluding hydrogens is 222 g/mol. The van der Waals surface area contributed by atoms with E-state index in [1.807, 2.05) is 20.8 Å². The number of ether oxygens (including phenoxy) is 1. The number of carbonyl (C=O) groups excluding carboxylic acids is 1. The Labute approximate surface area is 102 Å². The Hall–Kier alpha value is -1.10. The molecule has 17 heavy (non-hydrogen) atoms. The predicted molar refractivity (Wildman–Crippen MR) is 62.5 cm³/mol. The smallest absolute Gasteiger partial charge is 0.326 e. The molecule has 0 spiro atoms. The maximum Gasteiger partial charge on any atom is 0.326 e. The van der Waals surface area contributed by atoms with Crippen LogP contribution in [0.25, 0.3) is 0 Å². The Morgan fingerprint density at radius 2 is 2.12 bits per heavy atom. The molecule has 3 atom stereocenters. The fourth-order valence-corrected chi connectivity index (χ4v) is 2.05. The van der Waals surface area contributed by atoms with Gasteiger partial charge in [-0.1, -0.05) is 13.8 Å². The van der Waals surface area contributed by atoms with Gasteiger partial charge in [0.15, 0.2) is 0 Å². The molecule has 0 aromatic heterocycles. The monoisotopic (exact) mass is 243 g/mol.